The highest BCUT2D eigenvalue weighted by atomic mass is 79.9. The maximum Gasteiger partial charge on any atom is 0.138 e. The number of nitrogens with zero attached hydrogens (tertiary/aromatic N) is 3. The third-order valence-corrected chi connectivity index (χ3v) is 4.38. The molecule has 1 atom stereocenters. The molecule has 5 nitrogen and oxygen atoms in total. The Kier molecular flexibility index (Phi) is 5.75. The van der Waals surface area contributed by atoms with Crippen molar-refractivity contribution in [1.29, 1.82) is 0 Å². The van der Waals surface area contributed by atoms with Crippen LogP contribution in [0.2, 0.25) is 5.02 Å². The van der Waals surface area contributed by atoms with Gasteiger partial charge >= 0.3 is 0 Å². The Morgan fingerprint density at radius 1 is 1.43 bits per heavy atom. The van der Waals surface area contributed by atoms with E-state index in [1.54, 1.807) is 6.33 Å². The highest BCUT2D eigenvalue weighted by molar-refractivity contribution is 9.10. The maximum atomic E-state index is 6.03. The molecule has 0 aliphatic heterocycles. The zero-order valence-electron chi connectivity index (χ0n) is 12.1. The van der Waals surface area contributed by atoms with Crippen LogP contribution in [0.4, 0.5) is 0 Å². The average molecular weight is 373 g/mol. The molecule has 21 heavy (non-hydrogen) atoms. The Labute approximate surface area is 138 Å². The summed E-state index contributed by atoms with van der Waals surface area (Å²) in [4.78, 5) is 4.34. The normalized spacial score (nSPS) is 12.9. The first-order valence-corrected chi connectivity index (χ1v) is 7.96. The van der Waals surface area contributed by atoms with Gasteiger partial charge in [0, 0.05) is 17.4 Å². The van der Waals surface area contributed by atoms with Crippen LogP contribution in [0.1, 0.15) is 31.3 Å². The Morgan fingerprint density at radius 2 is 2.19 bits per heavy atom. The minimum atomic E-state index is -0.0475. The van der Waals surface area contributed by atoms with Crippen LogP contribution < -0.4 is 11.3 Å². The molecule has 1 heterocycles. The van der Waals surface area contributed by atoms with Gasteiger partial charge in [0.05, 0.1) is 11.1 Å². The van der Waals surface area contributed by atoms with Crippen LogP contribution in [0.5, 0.6) is 0 Å². The lowest BCUT2D eigenvalue weighted by molar-refractivity contribution is 0.446. The van der Waals surface area contributed by atoms with Crippen molar-refractivity contribution in [2.45, 2.75) is 32.9 Å². The number of rotatable bonds is 6. The molecule has 0 spiro atoms. The Bertz CT molecular complexity index is 599. The van der Waals surface area contributed by atoms with E-state index in [9.17, 15) is 0 Å². The van der Waals surface area contributed by atoms with Crippen LogP contribution in [0.3, 0.4) is 0 Å². The minimum absolute atomic E-state index is 0.0475. The summed E-state index contributed by atoms with van der Waals surface area (Å²) < 4.78 is 2.78. The van der Waals surface area contributed by atoms with Crippen LogP contribution in [-0.4, -0.2) is 14.8 Å². The van der Waals surface area contributed by atoms with Crippen molar-refractivity contribution >= 4 is 27.5 Å². The topological polar surface area (TPSA) is 68.8 Å². The summed E-state index contributed by atoms with van der Waals surface area (Å²) in [5.74, 6) is 7.13. The third kappa shape index (κ3) is 4.26. The first kappa shape index (κ1) is 16.4. The first-order valence-electron chi connectivity index (χ1n) is 6.79. The largest absolute Gasteiger partial charge is 0.271 e. The number of benzene rings is 1. The van der Waals surface area contributed by atoms with Crippen molar-refractivity contribution < 1.29 is 0 Å². The molecular formula is C14H19BrClN5. The van der Waals surface area contributed by atoms with Crippen molar-refractivity contribution in [2.75, 3.05) is 0 Å². The fourth-order valence-corrected chi connectivity index (χ4v) is 2.64. The van der Waals surface area contributed by atoms with Crippen LogP contribution in [0, 0.1) is 5.92 Å². The molecule has 1 aromatic heterocycles. The predicted octanol–water partition coefficient (Wildman–Crippen LogP) is 3.10. The summed E-state index contributed by atoms with van der Waals surface area (Å²) in [6, 6.07) is 5.73. The van der Waals surface area contributed by atoms with Crippen LogP contribution >= 0.6 is 27.5 Å². The average Bonchev–Trinajstić information content (AvgIpc) is 2.85. The van der Waals surface area contributed by atoms with Crippen LogP contribution in [-0.2, 0) is 13.0 Å². The molecule has 0 saturated carbocycles. The highest BCUT2D eigenvalue weighted by Crippen LogP contribution is 2.27. The summed E-state index contributed by atoms with van der Waals surface area (Å²) >= 11 is 9.46. The number of aromatic nitrogens is 3. The van der Waals surface area contributed by atoms with Gasteiger partial charge in [-0.25, -0.2) is 9.67 Å². The van der Waals surface area contributed by atoms with Crippen molar-refractivity contribution in [1.82, 2.24) is 20.2 Å². The third-order valence-electron chi connectivity index (χ3n) is 3.17. The molecule has 2 rings (SSSR count). The monoisotopic (exact) mass is 371 g/mol. The number of hydrogen-bond donors (Lipinski definition) is 2. The van der Waals surface area contributed by atoms with Crippen molar-refractivity contribution in [3.05, 3.63) is 45.4 Å². The molecule has 1 aromatic carbocycles. The summed E-state index contributed by atoms with van der Waals surface area (Å²) in [7, 11) is 0. The lowest BCUT2D eigenvalue weighted by Crippen LogP contribution is -2.30. The molecule has 0 bridgehead atoms. The van der Waals surface area contributed by atoms with Gasteiger partial charge < -0.3 is 0 Å². The lowest BCUT2D eigenvalue weighted by Gasteiger charge is -2.17. The minimum Gasteiger partial charge on any atom is -0.271 e. The number of nitrogens with one attached hydrogen (secondary N) is 1. The molecule has 0 amide bonds. The van der Waals surface area contributed by atoms with E-state index in [4.69, 9.17) is 17.4 Å². The summed E-state index contributed by atoms with van der Waals surface area (Å²) in [5, 5.41) is 4.95. The molecule has 0 radical (unpaired) electrons. The zero-order chi connectivity index (χ0) is 15.4. The van der Waals surface area contributed by atoms with Gasteiger partial charge in [0.25, 0.3) is 0 Å². The fraction of sp³-hybridized carbons (Fsp3) is 0.429. The standard InChI is InChI=1S/C14H19BrClN5/c1-9(2)7-21-14(18-8-19-21)6-13(20-17)10-3-4-12(16)11(15)5-10/h3-5,8-9,13,20H,6-7,17H2,1-2H3. The van der Waals surface area contributed by atoms with E-state index in [0.717, 1.165) is 22.4 Å². The van der Waals surface area contributed by atoms with Gasteiger partial charge in [0.1, 0.15) is 12.2 Å². The number of hydrogen-bond acceptors (Lipinski definition) is 4. The highest BCUT2D eigenvalue weighted by Gasteiger charge is 2.16. The number of hydrazine groups is 1. The zero-order valence-corrected chi connectivity index (χ0v) is 14.4. The molecule has 0 aliphatic rings. The Balaban J connectivity index is 2.19. The molecule has 0 aliphatic carbocycles. The van der Waals surface area contributed by atoms with E-state index in [0.29, 0.717) is 17.4 Å². The smallest absolute Gasteiger partial charge is 0.138 e. The van der Waals surface area contributed by atoms with Gasteiger partial charge in [0.2, 0.25) is 0 Å². The predicted molar refractivity (Wildman–Crippen MR) is 87.8 cm³/mol. The van der Waals surface area contributed by atoms with E-state index >= 15 is 0 Å². The van der Waals surface area contributed by atoms with Gasteiger partial charge in [-0.3, -0.25) is 11.3 Å². The molecule has 3 N–H and O–H groups in total. The molecule has 114 valence electrons. The van der Waals surface area contributed by atoms with E-state index in [-0.39, 0.29) is 6.04 Å². The lowest BCUT2D eigenvalue weighted by atomic mass is 10.0. The van der Waals surface area contributed by atoms with Gasteiger partial charge in [-0.1, -0.05) is 31.5 Å². The van der Waals surface area contributed by atoms with E-state index in [1.165, 1.54) is 0 Å². The molecule has 0 fully saturated rings. The van der Waals surface area contributed by atoms with Gasteiger partial charge in [0.15, 0.2) is 0 Å². The molecule has 0 saturated heterocycles. The van der Waals surface area contributed by atoms with Crippen molar-refractivity contribution in [3.63, 3.8) is 0 Å². The van der Waals surface area contributed by atoms with E-state index < -0.39 is 0 Å². The second-order valence-electron chi connectivity index (χ2n) is 5.35. The van der Waals surface area contributed by atoms with Crippen molar-refractivity contribution in [2.24, 2.45) is 11.8 Å². The Hall–Kier alpha value is -0.950. The summed E-state index contributed by atoms with van der Waals surface area (Å²) in [6.45, 7) is 5.15. The van der Waals surface area contributed by atoms with Gasteiger partial charge in [-0.15, -0.1) is 0 Å². The molecular weight excluding hydrogens is 354 g/mol. The quantitative estimate of drug-likeness (QED) is 0.604. The van der Waals surface area contributed by atoms with Crippen molar-refractivity contribution in [3.8, 4) is 0 Å². The second kappa shape index (κ2) is 7.35. The van der Waals surface area contributed by atoms with Gasteiger partial charge in [-0.2, -0.15) is 5.10 Å². The molecule has 2 aromatic rings. The molecule has 1 unspecified atom stereocenters. The molecule has 7 heteroatoms. The number of nitrogens with two attached hydrogens (primary N) is 1. The van der Waals surface area contributed by atoms with Gasteiger partial charge in [-0.05, 0) is 39.5 Å². The maximum absolute atomic E-state index is 6.03. The van der Waals surface area contributed by atoms with E-state index in [2.05, 4.69) is 45.3 Å². The van der Waals surface area contributed by atoms with E-state index in [1.807, 2.05) is 22.9 Å². The van der Waals surface area contributed by atoms with Crippen LogP contribution in [0.15, 0.2) is 29.0 Å². The Morgan fingerprint density at radius 3 is 2.81 bits per heavy atom. The number of halogens is 2. The summed E-state index contributed by atoms with van der Waals surface area (Å²) in [6.07, 6.45) is 2.25. The fourth-order valence-electron chi connectivity index (χ4n) is 2.13. The second-order valence-corrected chi connectivity index (χ2v) is 6.61. The SMILES string of the molecule is CC(C)Cn1ncnc1CC(NN)c1ccc(Cl)c(Br)c1. The first-order chi connectivity index (χ1) is 10.0. The van der Waals surface area contributed by atoms with Crippen LogP contribution in [0.25, 0.3) is 0 Å². The summed E-state index contributed by atoms with van der Waals surface area (Å²) in [5.41, 5.74) is 3.89.